The molecule has 1 rings (SSSR count). The second-order valence-electron chi connectivity index (χ2n) is 4.56. The highest BCUT2D eigenvalue weighted by Gasteiger charge is 2.21. The van der Waals surface area contributed by atoms with Gasteiger partial charge in [-0.15, -0.1) is 0 Å². The molecule has 3 heteroatoms. The molecule has 14 heavy (non-hydrogen) atoms. The van der Waals surface area contributed by atoms with Gasteiger partial charge in [-0.1, -0.05) is 6.92 Å². The molecule has 0 spiro atoms. The van der Waals surface area contributed by atoms with Crippen molar-refractivity contribution in [2.75, 3.05) is 33.7 Å². The van der Waals surface area contributed by atoms with Crippen molar-refractivity contribution in [3.63, 3.8) is 0 Å². The number of nitrogens with zero attached hydrogens (tertiary/aromatic N) is 2. The Labute approximate surface area is 87.7 Å². The lowest BCUT2D eigenvalue weighted by Gasteiger charge is -2.36. The van der Waals surface area contributed by atoms with Crippen molar-refractivity contribution in [2.45, 2.75) is 38.3 Å². The molecule has 2 unspecified atom stereocenters. The number of likely N-dealkylation sites (tertiary alicyclic amines) is 1. The minimum atomic E-state index is -0.160. The Morgan fingerprint density at radius 2 is 2.29 bits per heavy atom. The summed E-state index contributed by atoms with van der Waals surface area (Å²) in [5.41, 5.74) is 0. The van der Waals surface area contributed by atoms with Gasteiger partial charge >= 0.3 is 0 Å². The van der Waals surface area contributed by atoms with Crippen LogP contribution >= 0.6 is 0 Å². The highest BCUT2D eigenvalue weighted by Crippen LogP contribution is 2.13. The topological polar surface area (TPSA) is 26.7 Å². The molecule has 0 bridgehead atoms. The van der Waals surface area contributed by atoms with Gasteiger partial charge in [0.1, 0.15) is 0 Å². The molecule has 1 fully saturated rings. The zero-order valence-corrected chi connectivity index (χ0v) is 9.74. The quantitative estimate of drug-likeness (QED) is 0.726. The third-order valence-electron chi connectivity index (χ3n) is 3.19. The maximum atomic E-state index is 9.57. The van der Waals surface area contributed by atoms with E-state index in [4.69, 9.17) is 0 Å². The third kappa shape index (κ3) is 3.56. The third-order valence-corrected chi connectivity index (χ3v) is 3.19. The summed E-state index contributed by atoms with van der Waals surface area (Å²) in [5, 5.41) is 9.57. The van der Waals surface area contributed by atoms with E-state index in [0.29, 0.717) is 6.04 Å². The average Bonchev–Trinajstić information content (AvgIpc) is 2.17. The van der Waals surface area contributed by atoms with Crippen LogP contribution in [0.4, 0.5) is 0 Å². The lowest BCUT2D eigenvalue weighted by Crippen LogP contribution is -2.47. The van der Waals surface area contributed by atoms with Gasteiger partial charge in [0.15, 0.2) is 0 Å². The van der Waals surface area contributed by atoms with Gasteiger partial charge in [-0.05, 0) is 39.9 Å². The van der Waals surface area contributed by atoms with Crippen LogP contribution < -0.4 is 0 Å². The first-order valence-electron chi connectivity index (χ1n) is 5.70. The highest BCUT2D eigenvalue weighted by atomic mass is 16.3. The van der Waals surface area contributed by atoms with E-state index in [1.54, 1.807) is 0 Å². The van der Waals surface area contributed by atoms with Crippen LogP contribution in [0.5, 0.6) is 0 Å². The van der Waals surface area contributed by atoms with E-state index < -0.39 is 0 Å². The standard InChI is InChI=1S/C11H24N2O/c1-4-11(14)9-13(3)10-6-5-7-12(2)8-10/h10-11,14H,4-9H2,1-3H3. The summed E-state index contributed by atoms with van der Waals surface area (Å²) in [5.74, 6) is 0. The summed E-state index contributed by atoms with van der Waals surface area (Å²) in [6.07, 6.45) is 3.25. The van der Waals surface area contributed by atoms with Gasteiger partial charge in [0, 0.05) is 19.1 Å². The molecule has 0 aliphatic carbocycles. The molecule has 0 radical (unpaired) electrons. The number of aliphatic hydroxyl groups excluding tert-OH is 1. The molecule has 0 aromatic carbocycles. The molecule has 1 N–H and O–H groups in total. The lowest BCUT2D eigenvalue weighted by molar-refractivity contribution is 0.0726. The van der Waals surface area contributed by atoms with Gasteiger partial charge in [0.05, 0.1) is 6.10 Å². The molecule has 3 nitrogen and oxygen atoms in total. The number of piperidine rings is 1. The molecular formula is C11H24N2O. The summed E-state index contributed by atoms with van der Waals surface area (Å²) >= 11 is 0. The van der Waals surface area contributed by atoms with Crippen LogP contribution in [-0.2, 0) is 0 Å². The van der Waals surface area contributed by atoms with Crippen LogP contribution in [0, 0.1) is 0 Å². The van der Waals surface area contributed by atoms with E-state index in [9.17, 15) is 5.11 Å². The summed E-state index contributed by atoms with van der Waals surface area (Å²) in [6.45, 7) is 5.22. The fourth-order valence-corrected chi connectivity index (χ4v) is 2.11. The number of hydrogen-bond acceptors (Lipinski definition) is 3. The van der Waals surface area contributed by atoms with Gasteiger partial charge < -0.3 is 10.0 Å². The predicted molar refractivity (Wildman–Crippen MR) is 59.4 cm³/mol. The Hall–Kier alpha value is -0.120. The fourth-order valence-electron chi connectivity index (χ4n) is 2.11. The predicted octanol–water partition coefficient (Wildman–Crippen LogP) is 0.783. The molecule has 0 amide bonds. The number of hydrogen-bond donors (Lipinski definition) is 1. The van der Waals surface area contributed by atoms with Crippen molar-refractivity contribution in [3.05, 3.63) is 0 Å². The minimum absolute atomic E-state index is 0.160. The Morgan fingerprint density at radius 1 is 1.57 bits per heavy atom. The van der Waals surface area contributed by atoms with Crippen molar-refractivity contribution in [2.24, 2.45) is 0 Å². The van der Waals surface area contributed by atoms with Gasteiger partial charge in [-0.3, -0.25) is 4.90 Å². The first-order chi connectivity index (χ1) is 6.63. The van der Waals surface area contributed by atoms with Crippen LogP contribution in [0.1, 0.15) is 26.2 Å². The normalized spacial score (nSPS) is 26.8. The molecule has 0 aromatic rings. The van der Waals surface area contributed by atoms with E-state index in [0.717, 1.165) is 19.5 Å². The van der Waals surface area contributed by atoms with Crippen LogP contribution in [0.2, 0.25) is 0 Å². The van der Waals surface area contributed by atoms with Crippen LogP contribution in [0.15, 0.2) is 0 Å². The maximum Gasteiger partial charge on any atom is 0.0664 e. The maximum absolute atomic E-state index is 9.57. The Morgan fingerprint density at radius 3 is 2.86 bits per heavy atom. The van der Waals surface area contributed by atoms with Gasteiger partial charge in [-0.25, -0.2) is 0 Å². The molecule has 1 aliphatic rings. The van der Waals surface area contributed by atoms with E-state index in [1.807, 2.05) is 6.92 Å². The number of aliphatic hydroxyl groups is 1. The number of rotatable bonds is 4. The SMILES string of the molecule is CCC(O)CN(C)C1CCCN(C)C1. The monoisotopic (exact) mass is 200 g/mol. The Balaban J connectivity index is 2.31. The van der Waals surface area contributed by atoms with Gasteiger partial charge in [0.2, 0.25) is 0 Å². The first-order valence-corrected chi connectivity index (χ1v) is 5.70. The first kappa shape index (κ1) is 12.0. The second kappa shape index (κ2) is 5.69. The summed E-state index contributed by atoms with van der Waals surface area (Å²) in [6, 6.07) is 0.634. The Bertz CT molecular complexity index is 163. The molecule has 2 atom stereocenters. The zero-order chi connectivity index (χ0) is 10.6. The molecule has 1 heterocycles. The molecule has 1 aliphatic heterocycles. The number of likely N-dealkylation sites (N-methyl/N-ethyl adjacent to an activating group) is 2. The highest BCUT2D eigenvalue weighted by molar-refractivity contribution is 4.78. The molecular weight excluding hydrogens is 176 g/mol. The smallest absolute Gasteiger partial charge is 0.0664 e. The summed E-state index contributed by atoms with van der Waals surface area (Å²) in [4.78, 5) is 4.69. The summed E-state index contributed by atoms with van der Waals surface area (Å²) in [7, 11) is 4.30. The van der Waals surface area contributed by atoms with E-state index >= 15 is 0 Å². The van der Waals surface area contributed by atoms with E-state index in [2.05, 4.69) is 23.9 Å². The molecule has 84 valence electrons. The van der Waals surface area contributed by atoms with Crippen LogP contribution in [0.25, 0.3) is 0 Å². The van der Waals surface area contributed by atoms with E-state index in [-0.39, 0.29) is 6.10 Å². The Kier molecular flexibility index (Phi) is 4.85. The van der Waals surface area contributed by atoms with Crippen molar-refractivity contribution in [1.82, 2.24) is 9.80 Å². The van der Waals surface area contributed by atoms with Crippen LogP contribution in [0.3, 0.4) is 0 Å². The van der Waals surface area contributed by atoms with Gasteiger partial charge in [0.25, 0.3) is 0 Å². The van der Waals surface area contributed by atoms with Crippen LogP contribution in [-0.4, -0.2) is 60.8 Å². The lowest BCUT2D eigenvalue weighted by atomic mass is 10.0. The largest absolute Gasteiger partial charge is 0.392 e. The molecule has 1 saturated heterocycles. The molecule has 0 aromatic heterocycles. The van der Waals surface area contributed by atoms with Gasteiger partial charge in [-0.2, -0.15) is 0 Å². The van der Waals surface area contributed by atoms with E-state index in [1.165, 1.54) is 19.4 Å². The average molecular weight is 200 g/mol. The van der Waals surface area contributed by atoms with Crippen molar-refractivity contribution < 1.29 is 5.11 Å². The van der Waals surface area contributed by atoms with Crippen molar-refractivity contribution in [3.8, 4) is 0 Å². The second-order valence-corrected chi connectivity index (χ2v) is 4.56. The minimum Gasteiger partial charge on any atom is -0.392 e. The fraction of sp³-hybridized carbons (Fsp3) is 1.00. The molecule has 0 saturated carbocycles. The summed E-state index contributed by atoms with van der Waals surface area (Å²) < 4.78 is 0. The zero-order valence-electron chi connectivity index (χ0n) is 9.74. The van der Waals surface area contributed by atoms with Crippen molar-refractivity contribution >= 4 is 0 Å². The van der Waals surface area contributed by atoms with Crippen molar-refractivity contribution in [1.29, 1.82) is 0 Å².